The summed E-state index contributed by atoms with van der Waals surface area (Å²) in [6.07, 6.45) is 1.18. The lowest BCUT2D eigenvalue weighted by Gasteiger charge is -2.32. The van der Waals surface area contributed by atoms with Gasteiger partial charge >= 0.3 is 5.97 Å². The summed E-state index contributed by atoms with van der Waals surface area (Å²) in [7, 11) is -0.644. The van der Waals surface area contributed by atoms with Crippen molar-refractivity contribution in [1.82, 2.24) is 14.2 Å². The van der Waals surface area contributed by atoms with Crippen molar-refractivity contribution in [3.8, 4) is 0 Å². The standard InChI is InChI=1S/C20H27N3O6S2/c1-5-28-19(25)14-8-10-23(11-9-14)18(24)13(2)30-20-21-16-12-15(6-7-17(16)29-20)31(26,27)22(3)4/h6-7,12-14H,5,8-11H2,1-4H3. The van der Waals surface area contributed by atoms with Gasteiger partial charge in [-0.2, -0.15) is 0 Å². The van der Waals surface area contributed by atoms with Gasteiger partial charge in [-0.05, 0) is 44.9 Å². The SMILES string of the molecule is CCOC(=O)C1CCN(C(=O)C(C)Sc2nc3cc(S(=O)(=O)N(C)C)ccc3o2)CC1. The summed E-state index contributed by atoms with van der Waals surface area (Å²) in [5.41, 5.74) is 0.871. The van der Waals surface area contributed by atoms with Crippen LogP contribution >= 0.6 is 11.8 Å². The number of fused-ring (bicyclic) bond motifs is 1. The fraction of sp³-hybridized carbons (Fsp3) is 0.550. The molecule has 3 rings (SSSR count). The molecule has 1 atom stereocenters. The molecule has 2 heterocycles. The van der Waals surface area contributed by atoms with E-state index in [2.05, 4.69) is 4.98 Å². The minimum Gasteiger partial charge on any atom is -0.466 e. The molecule has 0 saturated carbocycles. The van der Waals surface area contributed by atoms with E-state index in [0.29, 0.717) is 48.9 Å². The first-order valence-electron chi connectivity index (χ1n) is 10.1. The number of ether oxygens (including phenoxy) is 1. The van der Waals surface area contributed by atoms with Gasteiger partial charge in [0.05, 0.1) is 22.7 Å². The van der Waals surface area contributed by atoms with E-state index >= 15 is 0 Å². The molecule has 0 bridgehead atoms. The van der Waals surface area contributed by atoms with Gasteiger partial charge in [-0.1, -0.05) is 11.8 Å². The van der Waals surface area contributed by atoms with Crippen LogP contribution in [0.2, 0.25) is 0 Å². The molecule has 1 aromatic heterocycles. The maximum atomic E-state index is 12.8. The number of aromatic nitrogens is 1. The molecule has 1 aromatic carbocycles. The normalized spacial score (nSPS) is 16.6. The zero-order chi connectivity index (χ0) is 22.8. The van der Waals surface area contributed by atoms with Crippen LogP contribution in [0.15, 0.2) is 32.7 Å². The molecule has 0 radical (unpaired) electrons. The van der Waals surface area contributed by atoms with Crippen LogP contribution in [0, 0.1) is 5.92 Å². The molecule has 1 aliphatic rings. The van der Waals surface area contributed by atoms with Crippen LogP contribution in [0.4, 0.5) is 0 Å². The van der Waals surface area contributed by atoms with Gasteiger partial charge in [0.1, 0.15) is 5.52 Å². The Balaban J connectivity index is 1.64. The number of amides is 1. The van der Waals surface area contributed by atoms with Crippen molar-refractivity contribution >= 4 is 44.8 Å². The third kappa shape index (κ3) is 5.21. The number of sulfonamides is 1. The number of rotatable bonds is 7. The molecule has 1 unspecified atom stereocenters. The Kier molecular flexibility index (Phi) is 7.28. The number of oxazole rings is 1. The number of benzene rings is 1. The minimum atomic E-state index is -3.57. The Hall–Kier alpha value is -2.11. The molecule has 31 heavy (non-hydrogen) atoms. The number of hydrogen-bond donors (Lipinski definition) is 0. The van der Waals surface area contributed by atoms with E-state index in [9.17, 15) is 18.0 Å². The smallest absolute Gasteiger partial charge is 0.309 e. The Morgan fingerprint density at radius 2 is 2.00 bits per heavy atom. The second-order valence-electron chi connectivity index (χ2n) is 7.51. The number of carbonyl (C=O) groups is 2. The van der Waals surface area contributed by atoms with Crippen molar-refractivity contribution in [2.75, 3.05) is 33.8 Å². The highest BCUT2D eigenvalue weighted by Crippen LogP contribution is 2.30. The summed E-state index contributed by atoms with van der Waals surface area (Å²) in [6, 6.07) is 4.50. The molecule has 0 spiro atoms. The van der Waals surface area contributed by atoms with Crippen molar-refractivity contribution in [3.63, 3.8) is 0 Å². The average Bonchev–Trinajstić information content (AvgIpc) is 3.14. The molecule has 1 saturated heterocycles. The molecule has 1 fully saturated rings. The van der Waals surface area contributed by atoms with Gasteiger partial charge in [-0.3, -0.25) is 9.59 Å². The van der Waals surface area contributed by atoms with E-state index in [4.69, 9.17) is 9.15 Å². The predicted molar refractivity (Wildman–Crippen MR) is 116 cm³/mol. The van der Waals surface area contributed by atoms with Gasteiger partial charge < -0.3 is 14.1 Å². The molecule has 0 aliphatic carbocycles. The van der Waals surface area contributed by atoms with Gasteiger partial charge in [0.2, 0.25) is 15.9 Å². The summed E-state index contributed by atoms with van der Waals surface area (Å²) in [5, 5.41) is -0.131. The number of hydrogen-bond acceptors (Lipinski definition) is 8. The lowest BCUT2D eigenvalue weighted by atomic mass is 9.97. The number of nitrogens with zero attached hydrogens (tertiary/aromatic N) is 3. The molecule has 170 valence electrons. The Labute approximate surface area is 186 Å². The first kappa shape index (κ1) is 23.6. The van der Waals surface area contributed by atoms with Crippen molar-refractivity contribution in [3.05, 3.63) is 18.2 Å². The van der Waals surface area contributed by atoms with E-state index in [1.807, 2.05) is 0 Å². The van der Waals surface area contributed by atoms with Crippen LogP contribution in [0.3, 0.4) is 0 Å². The van der Waals surface area contributed by atoms with Gasteiger partial charge in [0, 0.05) is 27.2 Å². The number of likely N-dealkylation sites (tertiary alicyclic amines) is 1. The van der Waals surface area contributed by atoms with E-state index in [-0.39, 0.29) is 22.7 Å². The number of esters is 1. The summed E-state index contributed by atoms with van der Waals surface area (Å²) >= 11 is 1.19. The van der Waals surface area contributed by atoms with Crippen molar-refractivity contribution in [1.29, 1.82) is 0 Å². The van der Waals surface area contributed by atoms with E-state index in [0.717, 1.165) is 4.31 Å². The largest absolute Gasteiger partial charge is 0.466 e. The highest BCUT2D eigenvalue weighted by atomic mass is 32.2. The maximum absolute atomic E-state index is 12.8. The van der Waals surface area contributed by atoms with E-state index in [1.165, 1.54) is 38.0 Å². The Morgan fingerprint density at radius 1 is 1.32 bits per heavy atom. The minimum absolute atomic E-state index is 0.0505. The summed E-state index contributed by atoms with van der Waals surface area (Å²) in [6.45, 7) is 4.93. The van der Waals surface area contributed by atoms with Gasteiger partial charge in [0.15, 0.2) is 5.58 Å². The number of thioether (sulfide) groups is 1. The first-order chi connectivity index (χ1) is 14.6. The second-order valence-corrected chi connectivity index (χ2v) is 11.0. The summed E-state index contributed by atoms with van der Waals surface area (Å²) in [5.74, 6) is -0.402. The maximum Gasteiger partial charge on any atom is 0.309 e. The molecular weight excluding hydrogens is 442 g/mol. The zero-order valence-electron chi connectivity index (χ0n) is 18.0. The van der Waals surface area contributed by atoms with Crippen LogP contribution in [0.25, 0.3) is 11.1 Å². The van der Waals surface area contributed by atoms with Gasteiger partial charge in [-0.15, -0.1) is 0 Å². The van der Waals surface area contributed by atoms with E-state index in [1.54, 1.807) is 24.8 Å². The molecule has 11 heteroatoms. The third-order valence-electron chi connectivity index (χ3n) is 5.17. The Bertz CT molecular complexity index is 1060. The topological polar surface area (TPSA) is 110 Å². The summed E-state index contributed by atoms with van der Waals surface area (Å²) < 4.78 is 36.5. The quantitative estimate of drug-likeness (QED) is 0.449. The molecule has 9 nitrogen and oxygen atoms in total. The fourth-order valence-electron chi connectivity index (χ4n) is 3.36. The fourth-order valence-corrected chi connectivity index (χ4v) is 5.13. The van der Waals surface area contributed by atoms with Crippen LogP contribution in [-0.4, -0.2) is 73.5 Å². The first-order valence-corrected chi connectivity index (χ1v) is 12.4. The predicted octanol–water partition coefficient (Wildman–Crippen LogP) is 2.36. The van der Waals surface area contributed by atoms with Crippen LogP contribution in [-0.2, 0) is 24.3 Å². The van der Waals surface area contributed by atoms with E-state index < -0.39 is 15.3 Å². The molecule has 1 amide bonds. The lowest BCUT2D eigenvalue weighted by molar-refractivity contribution is -0.151. The molecule has 2 aromatic rings. The monoisotopic (exact) mass is 469 g/mol. The van der Waals surface area contributed by atoms with Crippen molar-refractivity contribution in [2.24, 2.45) is 5.92 Å². The highest BCUT2D eigenvalue weighted by molar-refractivity contribution is 8.00. The molecule has 1 aliphatic heterocycles. The highest BCUT2D eigenvalue weighted by Gasteiger charge is 2.31. The summed E-state index contributed by atoms with van der Waals surface area (Å²) in [4.78, 5) is 30.9. The molecule has 0 N–H and O–H groups in total. The third-order valence-corrected chi connectivity index (χ3v) is 7.91. The number of piperidine rings is 1. The zero-order valence-corrected chi connectivity index (χ0v) is 19.7. The van der Waals surface area contributed by atoms with Crippen LogP contribution < -0.4 is 0 Å². The van der Waals surface area contributed by atoms with Crippen molar-refractivity contribution < 1.29 is 27.2 Å². The second kappa shape index (κ2) is 9.58. The lowest BCUT2D eigenvalue weighted by Crippen LogP contribution is -2.43. The average molecular weight is 470 g/mol. The Morgan fingerprint density at radius 3 is 2.61 bits per heavy atom. The van der Waals surface area contributed by atoms with Crippen LogP contribution in [0.5, 0.6) is 0 Å². The number of carbonyl (C=O) groups excluding carboxylic acids is 2. The molecular formula is C20H27N3O6S2. The van der Waals surface area contributed by atoms with Crippen LogP contribution in [0.1, 0.15) is 26.7 Å². The van der Waals surface area contributed by atoms with Gasteiger partial charge in [-0.25, -0.2) is 17.7 Å². The van der Waals surface area contributed by atoms with Gasteiger partial charge in [0.25, 0.3) is 5.22 Å². The van der Waals surface area contributed by atoms with Crippen molar-refractivity contribution in [2.45, 2.75) is 42.1 Å².